The third kappa shape index (κ3) is 2.68. The quantitative estimate of drug-likeness (QED) is 0.718. The van der Waals surface area contributed by atoms with Gasteiger partial charge in [-0.25, -0.2) is 4.39 Å². The SMILES string of the molecule is Fc1cccc(Cc2nc(-c3ccccc3)no2)c1. The molecule has 19 heavy (non-hydrogen) atoms. The van der Waals surface area contributed by atoms with Gasteiger partial charge in [0.15, 0.2) is 0 Å². The van der Waals surface area contributed by atoms with Crippen LogP contribution in [0, 0.1) is 5.82 Å². The predicted octanol–water partition coefficient (Wildman–Crippen LogP) is 3.47. The Morgan fingerprint density at radius 1 is 1.00 bits per heavy atom. The van der Waals surface area contributed by atoms with Gasteiger partial charge in [0.05, 0.1) is 6.42 Å². The second-order valence-corrected chi connectivity index (χ2v) is 4.18. The number of rotatable bonds is 3. The molecule has 3 rings (SSSR count). The maximum atomic E-state index is 13.1. The second-order valence-electron chi connectivity index (χ2n) is 4.18. The van der Waals surface area contributed by atoms with Crippen molar-refractivity contribution in [1.29, 1.82) is 0 Å². The lowest BCUT2D eigenvalue weighted by atomic mass is 10.1. The first kappa shape index (κ1) is 11.6. The summed E-state index contributed by atoms with van der Waals surface area (Å²) in [5.74, 6) is 0.761. The molecule has 3 nitrogen and oxygen atoms in total. The molecular formula is C15H11FN2O. The molecular weight excluding hydrogens is 243 g/mol. The van der Waals surface area contributed by atoms with E-state index >= 15 is 0 Å². The van der Waals surface area contributed by atoms with Gasteiger partial charge in [0.1, 0.15) is 5.82 Å². The van der Waals surface area contributed by atoms with Gasteiger partial charge in [-0.2, -0.15) is 4.98 Å². The molecule has 0 spiro atoms. The van der Waals surface area contributed by atoms with Crippen LogP contribution < -0.4 is 0 Å². The van der Waals surface area contributed by atoms with Crippen molar-refractivity contribution in [2.75, 3.05) is 0 Å². The zero-order valence-electron chi connectivity index (χ0n) is 10.1. The Labute approximate surface area is 109 Å². The fourth-order valence-corrected chi connectivity index (χ4v) is 1.85. The summed E-state index contributed by atoms with van der Waals surface area (Å²) in [6, 6.07) is 16.0. The van der Waals surface area contributed by atoms with Crippen LogP contribution in [0.25, 0.3) is 11.4 Å². The van der Waals surface area contributed by atoms with Crippen molar-refractivity contribution in [3.05, 3.63) is 71.9 Å². The molecule has 0 unspecified atom stereocenters. The molecule has 0 saturated carbocycles. The van der Waals surface area contributed by atoms with Crippen LogP contribution >= 0.6 is 0 Å². The Balaban J connectivity index is 1.82. The van der Waals surface area contributed by atoms with Gasteiger partial charge in [-0.1, -0.05) is 47.6 Å². The highest BCUT2D eigenvalue weighted by Crippen LogP contribution is 2.16. The Morgan fingerprint density at radius 2 is 1.84 bits per heavy atom. The summed E-state index contributed by atoms with van der Waals surface area (Å²) in [5, 5.41) is 3.93. The molecule has 1 heterocycles. The van der Waals surface area contributed by atoms with E-state index in [0.717, 1.165) is 11.1 Å². The standard InChI is InChI=1S/C15H11FN2O/c16-13-8-4-5-11(9-13)10-14-17-15(18-19-14)12-6-2-1-3-7-12/h1-9H,10H2. The first-order chi connectivity index (χ1) is 9.31. The molecule has 0 atom stereocenters. The van der Waals surface area contributed by atoms with E-state index in [1.54, 1.807) is 6.07 Å². The van der Waals surface area contributed by atoms with E-state index < -0.39 is 0 Å². The van der Waals surface area contributed by atoms with Gasteiger partial charge >= 0.3 is 0 Å². The maximum absolute atomic E-state index is 13.1. The molecule has 0 bridgehead atoms. The minimum Gasteiger partial charge on any atom is -0.339 e. The summed E-state index contributed by atoms with van der Waals surface area (Å²) < 4.78 is 18.3. The monoisotopic (exact) mass is 254 g/mol. The Kier molecular flexibility index (Phi) is 3.06. The molecule has 0 aliphatic carbocycles. The summed E-state index contributed by atoms with van der Waals surface area (Å²) >= 11 is 0. The summed E-state index contributed by atoms with van der Waals surface area (Å²) in [6.07, 6.45) is 0.428. The highest BCUT2D eigenvalue weighted by atomic mass is 19.1. The zero-order valence-corrected chi connectivity index (χ0v) is 10.1. The lowest BCUT2D eigenvalue weighted by Crippen LogP contribution is -1.89. The van der Waals surface area contributed by atoms with Gasteiger partial charge in [0.25, 0.3) is 0 Å². The van der Waals surface area contributed by atoms with E-state index in [4.69, 9.17) is 4.52 Å². The van der Waals surface area contributed by atoms with Crippen LogP contribution in [0.4, 0.5) is 4.39 Å². The van der Waals surface area contributed by atoms with E-state index in [0.29, 0.717) is 18.1 Å². The number of halogens is 1. The summed E-state index contributed by atoms with van der Waals surface area (Å²) in [6.45, 7) is 0. The molecule has 0 aliphatic rings. The average Bonchev–Trinajstić information content (AvgIpc) is 2.88. The van der Waals surface area contributed by atoms with Gasteiger partial charge in [-0.3, -0.25) is 0 Å². The molecule has 0 amide bonds. The molecule has 94 valence electrons. The number of nitrogens with zero attached hydrogens (tertiary/aromatic N) is 2. The van der Waals surface area contributed by atoms with Crippen LogP contribution in [0.15, 0.2) is 59.1 Å². The Hall–Kier alpha value is -2.49. The van der Waals surface area contributed by atoms with Crippen molar-refractivity contribution in [3.8, 4) is 11.4 Å². The smallest absolute Gasteiger partial charge is 0.231 e. The molecule has 0 fully saturated rings. The normalized spacial score (nSPS) is 10.6. The first-order valence-electron chi connectivity index (χ1n) is 5.94. The van der Waals surface area contributed by atoms with Crippen molar-refractivity contribution in [2.45, 2.75) is 6.42 Å². The molecule has 1 aromatic heterocycles. The Morgan fingerprint density at radius 3 is 2.63 bits per heavy atom. The third-order valence-corrected chi connectivity index (χ3v) is 2.74. The van der Waals surface area contributed by atoms with E-state index in [2.05, 4.69) is 10.1 Å². The number of hydrogen-bond acceptors (Lipinski definition) is 3. The second kappa shape index (κ2) is 5.02. The first-order valence-corrected chi connectivity index (χ1v) is 5.94. The molecule has 2 aromatic carbocycles. The minimum absolute atomic E-state index is 0.264. The van der Waals surface area contributed by atoms with E-state index in [9.17, 15) is 4.39 Å². The molecule has 3 aromatic rings. The fraction of sp³-hybridized carbons (Fsp3) is 0.0667. The van der Waals surface area contributed by atoms with Gasteiger partial charge in [-0.05, 0) is 17.7 Å². The van der Waals surface area contributed by atoms with Crippen LogP contribution in [0.1, 0.15) is 11.5 Å². The van der Waals surface area contributed by atoms with Crippen LogP contribution in [0.5, 0.6) is 0 Å². The van der Waals surface area contributed by atoms with Crippen molar-refractivity contribution >= 4 is 0 Å². The van der Waals surface area contributed by atoms with E-state index in [1.165, 1.54) is 12.1 Å². The summed E-state index contributed by atoms with van der Waals surface area (Å²) in [4.78, 5) is 4.31. The lowest BCUT2D eigenvalue weighted by molar-refractivity contribution is 0.385. The lowest BCUT2D eigenvalue weighted by Gasteiger charge is -1.95. The number of aromatic nitrogens is 2. The van der Waals surface area contributed by atoms with Gasteiger partial charge in [0.2, 0.25) is 11.7 Å². The minimum atomic E-state index is -0.264. The number of hydrogen-bond donors (Lipinski definition) is 0. The summed E-state index contributed by atoms with van der Waals surface area (Å²) in [7, 11) is 0. The van der Waals surface area contributed by atoms with Crippen LogP contribution in [0.2, 0.25) is 0 Å². The highest BCUT2D eigenvalue weighted by molar-refractivity contribution is 5.53. The summed E-state index contributed by atoms with van der Waals surface area (Å²) in [5.41, 5.74) is 1.71. The molecule has 0 saturated heterocycles. The van der Waals surface area contributed by atoms with Gasteiger partial charge < -0.3 is 4.52 Å². The van der Waals surface area contributed by atoms with E-state index in [1.807, 2.05) is 36.4 Å². The Bertz CT molecular complexity index is 679. The van der Waals surface area contributed by atoms with Crippen LogP contribution in [-0.4, -0.2) is 10.1 Å². The molecule has 0 N–H and O–H groups in total. The van der Waals surface area contributed by atoms with Crippen molar-refractivity contribution in [3.63, 3.8) is 0 Å². The van der Waals surface area contributed by atoms with Crippen LogP contribution in [-0.2, 0) is 6.42 Å². The van der Waals surface area contributed by atoms with E-state index in [-0.39, 0.29) is 5.82 Å². The highest BCUT2D eigenvalue weighted by Gasteiger charge is 2.09. The average molecular weight is 254 g/mol. The van der Waals surface area contributed by atoms with Crippen molar-refractivity contribution in [1.82, 2.24) is 10.1 Å². The van der Waals surface area contributed by atoms with Crippen LogP contribution in [0.3, 0.4) is 0 Å². The molecule has 4 heteroatoms. The van der Waals surface area contributed by atoms with Crippen molar-refractivity contribution < 1.29 is 8.91 Å². The molecule has 0 radical (unpaired) electrons. The predicted molar refractivity (Wildman–Crippen MR) is 68.9 cm³/mol. The van der Waals surface area contributed by atoms with Crippen molar-refractivity contribution in [2.24, 2.45) is 0 Å². The topological polar surface area (TPSA) is 38.9 Å². The molecule has 0 aliphatic heterocycles. The maximum Gasteiger partial charge on any atom is 0.231 e. The fourth-order valence-electron chi connectivity index (χ4n) is 1.85. The number of benzene rings is 2. The van der Waals surface area contributed by atoms with Gasteiger partial charge in [0, 0.05) is 5.56 Å². The third-order valence-electron chi connectivity index (χ3n) is 2.74. The zero-order chi connectivity index (χ0) is 13.1. The largest absolute Gasteiger partial charge is 0.339 e. The van der Waals surface area contributed by atoms with Gasteiger partial charge in [-0.15, -0.1) is 0 Å².